The summed E-state index contributed by atoms with van der Waals surface area (Å²) in [5.74, 6) is -0.681. The number of benzene rings is 1. The van der Waals surface area contributed by atoms with E-state index in [0.29, 0.717) is 16.7 Å². The van der Waals surface area contributed by atoms with Crippen LogP contribution in [-0.4, -0.2) is 22.5 Å². The second kappa shape index (κ2) is 7.22. The molecule has 0 spiro atoms. The third kappa shape index (κ3) is 3.84. The molecule has 1 N–H and O–H groups in total. The summed E-state index contributed by atoms with van der Waals surface area (Å²) in [7, 11) is 0. The summed E-state index contributed by atoms with van der Waals surface area (Å²) in [5, 5.41) is 3.17. The molecule has 8 heteroatoms. The lowest BCUT2D eigenvalue weighted by molar-refractivity contribution is -0.136. The normalized spacial score (nSPS) is 11.4. The minimum absolute atomic E-state index is 0.0342. The fraction of sp³-hybridized carbons (Fsp3) is 0.211. The van der Waals surface area contributed by atoms with Crippen LogP contribution in [0, 0.1) is 6.92 Å². The van der Waals surface area contributed by atoms with Gasteiger partial charge in [-0.3, -0.25) is 0 Å². The van der Waals surface area contributed by atoms with Gasteiger partial charge in [-0.05, 0) is 38.1 Å². The monoisotopic (exact) mass is 375 g/mol. The SMILES string of the molecule is CCOC(=O)c1cnc2nc(C)ccc2c1Nc1ccccc1C(F)(F)F. The predicted molar refractivity (Wildman–Crippen MR) is 95.0 cm³/mol. The molecule has 0 saturated carbocycles. The van der Waals surface area contributed by atoms with Crippen LogP contribution in [0.1, 0.15) is 28.5 Å². The number of anilines is 2. The summed E-state index contributed by atoms with van der Waals surface area (Å²) in [6.07, 6.45) is -3.29. The Bertz CT molecular complexity index is 1000. The van der Waals surface area contributed by atoms with Crippen molar-refractivity contribution < 1.29 is 22.7 Å². The van der Waals surface area contributed by atoms with Gasteiger partial charge in [-0.25, -0.2) is 14.8 Å². The second-order valence-electron chi connectivity index (χ2n) is 5.76. The molecule has 2 heterocycles. The number of hydrogen-bond donors (Lipinski definition) is 1. The number of carbonyl (C=O) groups is 1. The molecule has 0 bridgehead atoms. The van der Waals surface area contributed by atoms with Crippen molar-refractivity contribution in [3.8, 4) is 0 Å². The van der Waals surface area contributed by atoms with Crippen molar-refractivity contribution in [3.63, 3.8) is 0 Å². The summed E-state index contributed by atoms with van der Waals surface area (Å²) in [5.41, 5.74) is 0.193. The molecule has 3 aromatic rings. The number of rotatable bonds is 4. The van der Waals surface area contributed by atoms with E-state index in [9.17, 15) is 18.0 Å². The van der Waals surface area contributed by atoms with Crippen molar-refractivity contribution in [1.29, 1.82) is 0 Å². The quantitative estimate of drug-likeness (QED) is 0.659. The Morgan fingerprint density at radius 3 is 2.63 bits per heavy atom. The third-order valence-corrected chi connectivity index (χ3v) is 3.86. The maximum Gasteiger partial charge on any atom is 0.418 e. The molecule has 2 aromatic heterocycles. The van der Waals surface area contributed by atoms with E-state index in [2.05, 4.69) is 15.3 Å². The molecule has 0 aliphatic rings. The molecule has 5 nitrogen and oxygen atoms in total. The van der Waals surface area contributed by atoms with E-state index >= 15 is 0 Å². The van der Waals surface area contributed by atoms with E-state index in [-0.39, 0.29) is 23.5 Å². The van der Waals surface area contributed by atoms with E-state index in [1.807, 2.05) is 0 Å². The first-order valence-corrected chi connectivity index (χ1v) is 8.18. The second-order valence-corrected chi connectivity index (χ2v) is 5.76. The number of alkyl halides is 3. The molecule has 0 aliphatic heterocycles. The van der Waals surface area contributed by atoms with E-state index < -0.39 is 17.7 Å². The highest BCUT2D eigenvalue weighted by molar-refractivity contribution is 6.05. The van der Waals surface area contributed by atoms with Gasteiger partial charge in [0.25, 0.3) is 0 Å². The number of hydrogen-bond acceptors (Lipinski definition) is 5. The van der Waals surface area contributed by atoms with Crippen LogP contribution in [0.25, 0.3) is 11.0 Å². The largest absolute Gasteiger partial charge is 0.462 e. The zero-order chi connectivity index (χ0) is 19.6. The number of nitrogens with one attached hydrogen (secondary N) is 1. The summed E-state index contributed by atoms with van der Waals surface area (Å²) >= 11 is 0. The van der Waals surface area contributed by atoms with Crippen molar-refractivity contribution in [2.45, 2.75) is 20.0 Å². The number of para-hydroxylation sites is 1. The van der Waals surface area contributed by atoms with Gasteiger partial charge in [-0.15, -0.1) is 0 Å². The average Bonchev–Trinajstić information content (AvgIpc) is 2.61. The lowest BCUT2D eigenvalue weighted by Crippen LogP contribution is -2.12. The highest BCUT2D eigenvalue weighted by Crippen LogP contribution is 2.37. The lowest BCUT2D eigenvalue weighted by Gasteiger charge is -2.17. The summed E-state index contributed by atoms with van der Waals surface area (Å²) in [6, 6.07) is 8.40. The molecular formula is C19H16F3N3O2. The Labute approximate surface area is 153 Å². The van der Waals surface area contributed by atoms with Gasteiger partial charge in [0.15, 0.2) is 5.65 Å². The molecule has 27 heavy (non-hydrogen) atoms. The maximum atomic E-state index is 13.3. The fourth-order valence-corrected chi connectivity index (χ4v) is 2.64. The van der Waals surface area contributed by atoms with Crippen LogP contribution in [-0.2, 0) is 10.9 Å². The van der Waals surface area contributed by atoms with Crippen molar-refractivity contribution in [1.82, 2.24) is 9.97 Å². The van der Waals surface area contributed by atoms with Gasteiger partial charge in [-0.2, -0.15) is 13.2 Å². The van der Waals surface area contributed by atoms with Crippen molar-refractivity contribution in [2.75, 3.05) is 11.9 Å². The van der Waals surface area contributed by atoms with E-state index in [1.165, 1.54) is 24.4 Å². The molecule has 1 aromatic carbocycles. The number of nitrogens with zero attached hydrogens (tertiary/aromatic N) is 2. The van der Waals surface area contributed by atoms with Gasteiger partial charge < -0.3 is 10.1 Å². The predicted octanol–water partition coefficient (Wildman–Crippen LogP) is 4.88. The fourth-order valence-electron chi connectivity index (χ4n) is 2.64. The highest BCUT2D eigenvalue weighted by Gasteiger charge is 2.33. The molecule has 140 valence electrons. The average molecular weight is 375 g/mol. The van der Waals surface area contributed by atoms with Crippen LogP contribution in [0.3, 0.4) is 0 Å². The standard InChI is InChI=1S/C19H16F3N3O2/c1-3-27-18(26)13-10-23-17-12(9-8-11(2)24-17)16(13)25-15-7-5-4-6-14(15)19(20,21)22/h4-10H,3H2,1-2H3,(H,23,24,25). The Morgan fingerprint density at radius 2 is 1.93 bits per heavy atom. The van der Waals surface area contributed by atoms with Gasteiger partial charge >= 0.3 is 12.1 Å². The molecular weight excluding hydrogens is 359 g/mol. The Balaban J connectivity index is 2.20. The Morgan fingerprint density at radius 1 is 1.19 bits per heavy atom. The van der Waals surface area contributed by atoms with Crippen molar-refractivity contribution in [2.24, 2.45) is 0 Å². The van der Waals surface area contributed by atoms with Crippen LogP contribution in [0.2, 0.25) is 0 Å². The van der Waals surface area contributed by atoms with Gasteiger partial charge in [0.1, 0.15) is 5.56 Å². The minimum atomic E-state index is -4.55. The van der Waals surface area contributed by atoms with E-state index in [4.69, 9.17) is 4.74 Å². The van der Waals surface area contributed by atoms with Crippen molar-refractivity contribution >= 4 is 28.4 Å². The van der Waals surface area contributed by atoms with E-state index in [1.54, 1.807) is 26.0 Å². The maximum absolute atomic E-state index is 13.3. The molecule has 0 aliphatic carbocycles. The summed E-state index contributed by atoms with van der Waals surface area (Å²) in [4.78, 5) is 20.7. The number of pyridine rings is 2. The summed E-state index contributed by atoms with van der Waals surface area (Å²) < 4.78 is 45.0. The molecule has 0 atom stereocenters. The number of carbonyl (C=O) groups excluding carboxylic acids is 1. The number of fused-ring (bicyclic) bond motifs is 1. The number of halogens is 3. The molecule has 0 fully saturated rings. The molecule has 0 amide bonds. The highest BCUT2D eigenvalue weighted by atomic mass is 19.4. The zero-order valence-corrected chi connectivity index (χ0v) is 14.6. The number of aryl methyl sites for hydroxylation is 1. The van der Waals surface area contributed by atoms with Crippen molar-refractivity contribution in [3.05, 3.63) is 59.4 Å². The Hall–Kier alpha value is -3.16. The number of esters is 1. The van der Waals surface area contributed by atoms with E-state index in [0.717, 1.165) is 6.07 Å². The number of ether oxygens (including phenoxy) is 1. The smallest absolute Gasteiger partial charge is 0.418 e. The molecule has 0 unspecified atom stereocenters. The van der Waals surface area contributed by atoms with Crippen LogP contribution in [0.5, 0.6) is 0 Å². The van der Waals surface area contributed by atoms with Crippen LogP contribution in [0.15, 0.2) is 42.6 Å². The first-order chi connectivity index (χ1) is 12.8. The minimum Gasteiger partial charge on any atom is -0.462 e. The van der Waals surface area contributed by atoms with Gasteiger partial charge in [0, 0.05) is 17.3 Å². The molecule has 3 rings (SSSR count). The third-order valence-electron chi connectivity index (χ3n) is 3.86. The first-order valence-electron chi connectivity index (χ1n) is 8.18. The molecule has 0 saturated heterocycles. The van der Waals surface area contributed by atoms with Crippen LogP contribution in [0.4, 0.5) is 24.5 Å². The topological polar surface area (TPSA) is 64.1 Å². The summed E-state index contributed by atoms with van der Waals surface area (Å²) in [6.45, 7) is 3.54. The zero-order valence-electron chi connectivity index (χ0n) is 14.6. The molecule has 0 radical (unpaired) electrons. The van der Waals surface area contributed by atoms with Gasteiger partial charge in [0.05, 0.1) is 23.5 Å². The lowest BCUT2D eigenvalue weighted by atomic mass is 10.1. The Kier molecular flexibility index (Phi) is 4.98. The van der Waals surface area contributed by atoms with Crippen LogP contribution >= 0.6 is 0 Å². The van der Waals surface area contributed by atoms with Crippen LogP contribution < -0.4 is 5.32 Å². The first kappa shape index (κ1) is 18.6. The van der Waals surface area contributed by atoms with Gasteiger partial charge in [0.2, 0.25) is 0 Å². The van der Waals surface area contributed by atoms with Gasteiger partial charge in [-0.1, -0.05) is 12.1 Å². The number of aromatic nitrogens is 2.